The number of hydrogen-bond acceptors (Lipinski definition) is 7. The summed E-state index contributed by atoms with van der Waals surface area (Å²) in [4.78, 5) is 12.7. The third-order valence-corrected chi connectivity index (χ3v) is 6.51. The topological polar surface area (TPSA) is 98.5 Å². The van der Waals surface area contributed by atoms with E-state index in [2.05, 4.69) is 15.5 Å². The van der Waals surface area contributed by atoms with E-state index in [1.165, 1.54) is 11.8 Å². The highest BCUT2D eigenvalue weighted by atomic mass is 32.2. The summed E-state index contributed by atoms with van der Waals surface area (Å²) in [6.07, 6.45) is 0. The molecule has 9 heteroatoms. The Hall–Kier alpha value is -3.98. The van der Waals surface area contributed by atoms with Crippen LogP contribution in [-0.4, -0.2) is 38.3 Å². The molecule has 0 fully saturated rings. The van der Waals surface area contributed by atoms with Gasteiger partial charge in [0.15, 0.2) is 22.5 Å². The lowest BCUT2D eigenvalue weighted by Gasteiger charge is -2.15. The maximum atomic E-state index is 12.7. The fourth-order valence-corrected chi connectivity index (χ4v) is 4.44. The van der Waals surface area contributed by atoms with Crippen LogP contribution in [-0.2, 0) is 4.79 Å². The number of phenolic OH excluding ortho intramolecular Hbond substituents is 1. The number of rotatable bonds is 6. The molecule has 1 aliphatic heterocycles. The Kier molecular flexibility index (Phi) is 5.85. The summed E-state index contributed by atoms with van der Waals surface area (Å²) in [5, 5.41) is 22.6. The average molecular weight is 475 g/mol. The van der Waals surface area contributed by atoms with Crippen LogP contribution in [0, 0.1) is 13.8 Å². The van der Waals surface area contributed by atoms with Gasteiger partial charge in [-0.15, -0.1) is 10.2 Å². The number of para-hydroxylation sites is 1. The Labute approximate surface area is 200 Å². The second-order valence-corrected chi connectivity index (χ2v) is 8.73. The minimum absolute atomic E-state index is 0.110. The van der Waals surface area contributed by atoms with Crippen molar-refractivity contribution in [1.82, 2.24) is 14.8 Å². The molecule has 4 aromatic rings. The van der Waals surface area contributed by atoms with Crippen LogP contribution in [0.25, 0.3) is 17.1 Å². The largest absolute Gasteiger partial charge is 0.507 e. The number of amides is 1. The van der Waals surface area contributed by atoms with Crippen molar-refractivity contribution in [2.24, 2.45) is 0 Å². The number of anilines is 1. The van der Waals surface area contributed by atoms with E-state index in [0.29, 0.717) is 33.7 Å². The molecular weight excluding hydrogens is 452 g/mol. The normalized spacial score (nSPS) is 12.1. The van der Waals surface area contributed by atoms with Crippen LogP contribution in [0.3, 0.4) is 0 Å². The standard InChI is InChI=1S/C25H22N4O4S/c1-15-6-5-8-19(16(15)2)29-24(18-7-3-4-9-20(18)30)27-28-25(29)34-13-23(31)26-17-10-11-21-22(12-17)33-14-32-21/h3-12,30H,13-14H2,1-2H3,(H,26,31). The highest BCUT2D eigenvalue weighted by molar-refractivity contribution is 7.99. The number of aromatic nitrogens is 3. The first-order valence-electron chi connectivity index (χ1n) is 10.6. The van der Waals surface area contributed by atoms with Gasteiger partial charge in [0.25, 0.3) is 0 Å². The molecule has 0 saturated carbocycles. The van der Waals surface area contributed by atoms with Crippen LogP contribution in [0.15, 0.2) is 65.8 Å². The molecule has 5 rings (SSSR count). The molecule has 1 aromatic heterocycles. The van der Waals surface area contributed by atoms with Crippen molar-refractivity contribution in [3.8, 4) is 34.3 Å². The first-order chi connectivity index (χ1) is 16.5. The summed E-state index contributed by atoms with van der Waals surface area (Å²) in [6, 6.07) is 18.3. The molecule has 34 heavy (non-hydrogen) atoms. The fraction of sp³-hybridized carbons (Fsp3) is 0.160. The maximum Gasteiger partial charge on any atom is 0.234 e. The van der Waals surface area contributed by atoms with Gasteiger partial charge in [-0.3, -0.25) is 9.36 Å². The van der Waals surface area contributed by atoms with Crippen molar-refractivity contribution in [2.75, 3.05) is 17.9 Å². The third kappa shape index (κ3) is 4.17. The number of thioether (sulfide) groups is 1. The number of nitrogens with zero attached hydrogens (tertiary/aromatic N) is 3. The van der Waals surface area contributed by atoms with Crippen LogP contribution in [0.4, 0.5) is 5.69 Å². The van der Waals surface area contributed by atoms with Gasteiger partial charge in [0.1, 0.15) is 5.75 Å². The van der Waals surface area contributed by atoms with Crippen molar-refractivity contribution in [1.29, 1.82) is 0 Å². The molecule has 0 spiro atoms. The molecule has 2 heterocycles. The summed E-state index contributed by atoms with van der Waals surface area (Å²) in [5.41, 5.74) is 4.26. The number of hydrogen-bond donors (Lipinski definition) is 2. The third-order valence-electron chi connectivity index (χ3n) is 5.58. The molecule has 8 nitrogen and oxygen atoms in total. The number of phenols is 1. The van der Waals surface area contributed by atoms with Crippen molar-refractivity contribution >= 4 is 23.4 Å². The van der Waals surface area contributed by atoms with E-state index >= 15 is 0 Å². The number of carbonyl (C=O) groups excluding carboxylic acids is 1. The minimum Gasteiger partial charge on any atom is -0.507 e. The monoisotopic (exact) mass is 474 g/mol. The highest BCUT2D eigenvalue weighted by Crippen LogP contribution is 2.35. The SMILES string of the molecule is Cc1cccc(-n2c(SCC(=O)Nc3ccc4c(c3)OCO4)nnc2-c2ccccc2O)c1C. The summed E-state index contributed by atoms with van der Waals surface area (Å²) >= 11 is 1.27. The Morgan fingerprint density at radius 1 is 1.06 bits per heavy atom. The zero-order valence-electron chi connectivity index (χ0n) is 18.6. The van der Waals surface area contributed by atoms with Gasteiger partial charge in [-0.1, -0.05) is 36.0 Å². The van der Waals surface area contributed by atoms with Gasteiger partial charge >= 0.3 is 0 Å². The van der Waals surface area contributed by atoms with Crippen molar-refractivity contribution in [2.45, 2.75) is 19.0 Å². The smallest absolute Gasteiger partial charge is 0.234 e. The van der Waals surface area contributed by atoms with Crippen LogP contribution in [0.5, 0.6) is 17.2 Å². The van der Waals surface area contributed by atoms with Gasteiger partial charge in [0.05, 0.1) is 17.0 Å². The lowest BCUT2D eigenvalue weighted by molar-refractivity contribution is -0.113. The highest BCUT2D eigenvalue weighted by Gasteiger charge is 2.21. The lowest BCUT2D eigenvalue weighted by Crippen LogP contribution is -2.14. The number of carbonyl (C=O) groups is 1. The summed E-state index contributed by atoms with van der Waals surface area (Å²) < 4.78 is 12.6. The van der Waals surface area contributed by atoms with E-state index in [9.17, 15) is 9.90 Å². The zero-order chi connectivity index (χ0) is 23.7. The number of nitrogens with one attached hydrogen (secondary N) is 1. The van der Waals surface area contributed by atoms with Gasteiger partial charge in [-0.05, 0) is 55.3 Å². The molecule has 3 aromatic carbocycles. The van der Waals surface area contributed by atoms with Crippen molar-refractivity contribution in [3.05, 3.63) is 71.8 Å². The van der Waals surface area contributed by atoms with Crippen LogP contribution < -0.4 is 14.8 Å². The quantitative estimate of drug-likeness (QED) is 0.390. The van der Waals surface area contributed by atoms with Gasteiger partial charge in [-0.25, -0.2) is 0 Å². The molecule has 1 aliphatic rings. The fourth-order valence-electron chi connectivity index (χ4n) is 3.70. The Bertz CT molecular complexity index is 1390. The van der Waals surface area contributed by atoms with E-state index < -0.39 is 0 Å². The second kappa shape index (κ2) is 9.11. The molecule has 1 amide bonds. The predicted molar refractivity (Wildman–Crippen MR) is 130 cm³/mol. The van der Waals surface area contributed by atoms with E-state index in [1.807, 2.05) is 42.7 Å². The van der Waals surface area contributed by atoms with Crippen molar-refractivity contribution in [3.63, 3.8) is 0 Å². The van der Waals surface area contributed by atoms with Crippen LogP contribution >= 0.6 is 11.8 Å². The first kappa shape index (κ1) is 21.8. The Morgan fingerprint density at radius 2 is 1.88 bits per heavy atom. The summed E-state index contributed by atoms with van der Waals surface area (Å²) in [7, 11) is 0. The summed E-state index contributed by atoms with van der Waals surface area (Å²) in [5.74, 6) is 1.81. The zero-order valence-corrected chi connectivity index (χ0v) is 19.4. The maximum absolute atomic E-state index is 12.7. The van der Waals surface area contributed by atoms with E-state index in [1.54, 1.807) is 36.4 Å². The molecule has 0 atom stereocenters. The van der Waals surface area contributed by atoms with Gasteiger partial charge < -0.3 is 19.9 Å². The van der Waals surface area contributed by atoms with Crippen LogP contribution in [0.1, 0.15) is 11.1 Å². The van der Waals surface area contributed by atoms with Crippen molar-refractivity contribution < 1.29 is 19.4 Å². The molecule has 0 radical (unpaired) electrons. The van der Waals surface area contributed by atoms with E-state index in [0.717, 1.165) is 16.8 Å². The lowest BCUT2D eigenvalue weighted by atomic mass is 10.1. The van der Waals surface area contributed by atoms with E-state index in [-0.39, 0.29) is 24.2 Å². The molecule has 0 saturated heterocycles. The van der Waals surface area contributed by atoms with Crippen LogP contribution in [0.2, 0.25) is 0 Å². The number of aromatic hydroxyl groups is 1. The Balaban J connectivity index is 1.43. The molecule has 0 unspecified atom stereocenters. The number of aryl methyl sites for hydroxylation is 1. The molecule has 0 aliphatic carbocycles. The predicted octanol–water partition coefficient (Wildman–Crippen LogP) is 4.72. The molecule has 172 valence electrons. The number of fused-ring (bicyclic) bond motifs is 1. The van der Waals surface area contributed by atoms with Gasteiger partial charge in [0.2, 0.25) is 12.7 Å². The minimum atomic E-state index is -0.191. The van der Waals surface area contributed by atoms with Gasteiger partial charge in [-0.2, -0.15) is 0 Å². The number of benzene rings is 3. The first-order valence-corrected chi connectivity index (χ1v) is 11.6. The second-order valence-electron chi connectivity index (χ2n) is 7.78. The summed E-state index contributed by atoms with van der Waals surface area (Å²) in [6.45, 7) is 4.24. The Morgan fingerprint density at radius 3 is 2.74 bits per heavy atom. The van der Waals surface area contributed by atoms with Gasteiger partial charge in [0, 0.05) is 11.8 Å². The number of ether oxygens (including phenoxy) is 2. The molecule has 2 N–H and O–H groups in total. The molecular formula is C25H22N4O4S. The average Bonchev–Trinajstić information content (AvgIpc) is 3.46. The van der Waals surface area contributed by atoms with E-state index in [4.69, 9.17) is 9.47 Å². The molecule has 0 bridgehead atoms.